The van der Waals surface area contributed by atoms with Crippen LogP contribution in [0.4, 0.5) is 0 Å². The van der Waals surface area contributed by atoms with E-state index >= 15 is 0 Å². The van der Waals surface area contributed by atoms with Crippen LogP contribution in [0.1, 0.15) is 61.5 Å². The van der Waals surface area contributed by atoms with Crippen LogP contribution in [0.15, 0.2) is 22.1 Å². The molecule has 1 aromatic carbocycles. The van der Waals surface area contributed by atoms with Crippen molar-refractivity contribution >= 4 is 17.2 Å². The van der Waals surface area contributed by atoms with Crippen molar-refractivity contribution in [3.05, 3.63) is 28.8 Å². The average Bonchev–Trinajstić information content (AvgIpc) is 2.75. The summed E-state index contributed by atoms with van der Waals surface area (Å²) in [6.45, 7) is 7.66. The summed E-state index contributed by atoms with van der Waals surface area (Å²) in [5.41, 5.74) is 4.26. The minimum Gasteiger partial charge on any atom is -0.507 e. The number of aryl methyl sites for hydroxylation is 1. The molecule has 0 aliphatic carbocycles. The molecule has 0 saturated carbocycles. The topological polar surface area (TPSA) is 62.0 Å². The van der Waals surface area contributed by atoms with Gasteiger partial charge in [-0.05, 0) is 63.8 Å². The van der Waals surface area contributed by atoms with E-state index in [0.29, 0.717) is 12.0 Å². The number of nitrogens with zero attached hydrogens (tertiary/aromatic N) is 2. The van der Waals surface area contributed by atoms with Gasteiger partial charge in [0.15, 0.2) is 5.78 Å². The number of hydrogen-bond donors (Lipinski definition) is 1. The van der Waals surface area contributed by atoms with Gasteiger partial charge in [-0.3, -0.25) is 14.8 Å². The van der Waals surface area contributed by atoms with Crippen LogP contribution < -0.4 is 0 Å². The Bertz CT molecular complexity index is 670. The van der Waals surface area contributed by atoms with E-state index in [-0.39, 0.29) is 17.1 Å². The number of phenols is 1. The monoisotopic (exact) mass is 300 g/mol. The summed E-state index contributed by atoms with van der Waals surface area (Å²) in [4.78, 5) is 20.8. The van der Waals surface area contributed by atoms with Crippen molar-refractivity contribution in [2.45, 2.75) is 52.5 Å². The van der Waals surface area contributed by atoms with Crippen LogP contribution in [0.5, 0.6) is 5.75 Å². The van der Waals surface area contributed by atoms with Crippen molar-refractivity contribution in [1.82, 2.24) is 0 Å². The summed E-state index contributed by atoms with van der Waals surface area (Å²) < 4.78 is 0. The van der Waals surface area contributed by atoms with Crippen LogP contribution in [-0.2, 0) is 0 Å². The molecule has 1 N–H and O–H groups in total. The van der Waals surface area contributed by atoms with E-state index in [1.165, 1.54) is 6.92 Å². The van der Waals surface area contributed by atoms with Gasteiger partial charge >= 0.3 is 0 Å². The first kappa shape index (κ1) is 16.4. The first-order valence-corrected chi connectivity index (χ1v) is 7.61. The van der Waals surface area contributed by atoms with Crippen LogP contribution >= 0.6 is 0 Å². The molecule has 118 valence electrons. The second-order valence-electron chi connectivity index (χ2n) is 6.58. The van der Waals surface area contributed by atoms with Crippen LogP contribution in [-0.4, -0.2) is 34.9 Å². The van der Waals surface area contributed by atoms with Gasteiger partial charge in [0.1, 0.15) is 5.75 Å². The van der Waals surface area contributed by atoms with Crippen molar-refractivity contribution in [3.8, 4) is 5.75 Å². The number of aliphatic imine (C=N–C) groups is 2. The smallest absolute Gasteiger partial charge is 0.163 e. The maximum Gasteiger partial charge on any atom is 0.163 e. The lowest BCUT2D eigenvalue weighted by atomic mass is 9.95. The van der Waals surface area contributed by atoms with E-state index < -0.39 is 0 Å². The summed E-state index contributed by atoms with van der Waals surface area (Å²) in [6, 6.07) is 3.38. The van der Waals surface area contributed by atoms with Gasteiger partial charge in [0.2, 0.25) is 0 Å². The normalized spacial score (nSPS) is 17.5. The second kappa shape index (κ2) is 6.03. The first-order valence-electron chi connectivity index (χ1n) is 7.61. The number of ketones is 1. The lowest BCUT2D eigenvalue weighted by Gasteiger charge is -2.13. The van der Waals surface area contributed by atoms with Crippen molar-refractivity contribution in [3.63, 3.8) is 0 Å². The Morgan fingerprint density at radius 3 is 2.55 bits per heavy atom. The zero-order valence-corrected chi connectivity index (χ0v) is 14.0. The Balaban J connectivity index is 2.37. The Labute approximate surface area is 132 Å². The van der Waals surface area contributed by atoms with Crippen molar-refractivity contribution in [2.75, 3.05) is 7.05 Å². The van der Waals surface area contributed by atoms with E-state index in [2.05, 4.69) is 18.8 Å². The van der Waals surface area contributed by atoms with E-state index in [4.69, 9.17) is 4.99 Å². The van der Waals surface area contributed by atoms with Gasteiger partial charge in [0, 0.05) is 24.9 Å². The molecule has 2 rings (SSSR count). The minimum atomic E-state index is -0.145. The Morgan fingerprint density at radius 2 is 2.05 bits per heavy atom. The van der Waals surface area contributed by atoms with Gasteiger partial charge in [-0.25, -0.2) is 0 Å². The van der Waals surface area contributed by atoms with Crippen LogP contribution in [0.25, 0.3) is 0 Å². The molecule has 4 heteroatoms. The van der Waals surface area contributed by atoms with Crippen molar-refractivity contribution < 1.29 is 9.90 Å². The molecule has 1 aliphatic heterocycles. The Kier molecular flexibility index (Phi) is 4.50. The third-order valence-corrected chi connectivity index (χ3v) is 4.16. The highest BCUT2D eigenvalue weighted by atomic mass is 16.3. The van der Waals surface area contributed by atoms with Gasteiger partial charge in [0.05, 0.1) is 11.1 Å². The quantitative estimate of drug-likeness (QED) is 0.680. The molecule has 0 amide bonds. The van der Waals surface area contributed by atoms with Crippen LogP contribution in [0, 0.1) is 6.92 Å². The lowest BCUT2D eigenvalue weighted by Crippen LogP contribution is -2.12. The molecule has 0 atom stereocenters. The van der Waals surface area contributed by atoms with E-state index in [0.717, 1.165) is 35.4 Å². The summed E-state index contributed by atoms with van der Waals surface area (Å²) in [6.07, 6.45) is 2.75. The average molecular weight is 300 g/mol. The minimum absolute atomic E-state index is 0.0166. The maximum absolute atomic E-state index is 11.6. The zero-order chi connectivity index (χ0) is 16.5. The molecule has 1 heterocycles. The first-order chi connectivity index (χ1) is 10.2. The summed E-state index contributed by atoms with van der Waals surface area (Å²) >= 11 is 0. The number of Topliss-reactive ketones (excluding diaryl/α,β-unsaturated/α-hetero) is 1. The molecule has 0 radical (unpaired) electrons. The van der Waals surface area contributed by atoms with E-state index in [9.17, 15) is 9.90 Å². The number of phenolic OH excluding ortho intramolecular Hbond substituents is 1. The van der Waals surface area contributed by atoms with E-state index in [1.54, 1.807) is 19.2 Å². The fourth-order valence-electron chi connectivity index (χ4n) is 2.89. The number of benzene rings is 1. The number of rotatable bonds is 4. The number of aromatic hydroxyl groups is 1. The molecular weight excluding hydrogens is 276 g/mol. The lowest BCUT2D eigenvalue weighted by molar-refractivity contribution is 0.101. The SMILES string of the molecule is CN=C(CC1=NC(C)(C)CC1)c1cc(C(C)=O)c(O)cc1C. The standard InChI is InChI=1S/C18H24N2O2/c1-11-8-17(22)15(12(2)21)10-14(11)16(19-5)9-13-6-7-18(3,4)20-13/h8,10,22H,6-7,9H2,1-5H3. The highest BCUT2D eigenvalue weighted by Crippen LogP contribution is 2.28. The van der Waals surface area contributed by atoms with Gasteiger partial charge in [0.25, 0.3) is 0 Å². The molecule has 0 fully saturated rings. The van der Waals surface area contributed by atoms with Gasteiger partial charge in [-0.2, -0.15) is 0 Å². The molecule has 22 heavy (non-hydrogen) atoms. The van der Waals surface area contributed by atoms with Gasteiger partial charge in [-0.1, -0.05) is 0 Å². The molecule has 4 nitrogen and oxygen atoms in total. The Morgan fingerprint density at radius 1 is 1.36 bits per heavy atom. The highest BCUT2D eigenvalue weighted by molar-refractivity contribution is 6.14. The second-order valence-corrected chi connectivity index (χ2v) is 6.58. The summed E-state index contributed by atoms with van der Waals surface area (Å²) in [5.74, 6) is -0.114. The van der Waals surface area contributed by atoms with Crippen LogP contribution in [0.2, 0.25) is 0 Å². The molecule has 0 bridgehead atoms. The third kappa shape index (κ3) is 3.43. The van der Waals surface area contributed by atoms with Crippen molar-refractivity contribution in [2.24, 2.45) is 9.98 Å². The highest BCUT2D eigenvalue weighted by Gasteiger charge is 2.25. The fraction of sp³-hybridized carbons (Fsp3) is 0.500. The Hall–Kier alpha value is -1.97. The molecule has 0 saturated heterocycles. The molecular formula is C18H24N2O2. The predicted molar refractivity (Wildman–Crippen MR) is 90.7 cm³/mol. The third-order valence-electron chi connectivity index (χ3n) is 4.16. The van der Waals surface area contributed by atoms with Gasteiger partial charge < -0.3 is 5.11 Å². The molecule has 1 aliphatic rings. The van der Waals surface area contributed by atoms with Crippen LogP contribution in [0.3, 0.4) is 0 Å². The number of carbonyl (C=O) groups is 1. The van der Waals surface area contributed by atoms with E-state index in [1.807, 2.05) is 6.92 Å². The largest absolute Gasteiger partial charge is 0.507 e. The molecule has 0 aromatic heterocycles. The maximum atomic E-state index is 11.6. The zero-order valence-electron chi connectivity index (χ0n) is 14.0. The van der Waals surface area contributed by atoms with Gasteiger partial charge in [-0.15, -0.1) is 0 Å². The fourth-order valence-corrected chi connectivity index (χ4v) is 2.89. The number of carbonyl (C=O) groups excluding carboxylic acids is 1. The number of hydrogen-bond acceptors (Lipinski definition) is 4. The molecule has 0 spiro atoms. The summed E-state index contributed by atoms with van der Waals surface area (Å²) in [5, 5.41) is 9.91. The van der Waals surface area contributed by atoms with Crippen molar-refractivity contribution in [1.29, 1.82) is 0 Å². The molecule has 1 aromatic rings. The molecule has 0 unspecified atom stereocenters. The predicted octanol–water partition coefficient (Wildman–Crippen LogP) is 3.73. The summed E-state index contributed by atoms with van der Waals surface area (Å²) in [7, 11) is 1.76.